The quantitative estimate of drug-likeness (QED) is 0.780. The van der Waals surface area contributed by atoms with Crippen molar-refractivity contribution >= 4 is 16.0 Å². The van der Waals surface area contributed by atoms with Gasteiger partial charge in [-0.25, -0.2) is 17.9 Å². The molecule has 25 heavy (non-hydrogen) atoms. The Kier molecular flexibility index (Phi) is 5.22. The van der Waals surface area contributed by atoms with Gasteiger partial charge in [0.15, 0.2) is 0 Å². The molecule has 1 aliphatic rings. The van der Waals surface area contributed by atoms with Crippen LogP contribution in [-0.4, -0.2) is 44.0 Å². The molecule has 1 aliphatic heterocycles. The van der Waals surface area contributed by atoms with Gasteiger partial charge in [-0.2, -0.15) is 0 Å². The first-order valence-electron chi connectivity index (χ1n) is 8.08. The number of aromatic carboxylic acids is 1. The number of furan rings is 1. The van der Waals surface area contributed by atoms with E-state index in [1.165, 1.54) is 24.3 Å². The maximum absolute atomic E-state index is 12.5. The molecule has 0 spiro atoms. The number of nitrogens with zero attached hydrogens (tertiary/aromatic N) is 1. The van der Waals surface area contributed by atoms with E-state index in [0.717, 1.165) is 31.7 Å². The molecule has 8 heteroatoms. The summed E-state index contributed by atoms with van der Waals surface area (Å²) >= 11 is 0. The largest absolute Gasteiger partial charge is 0.478 e. The third kappa shape index (κ3) is 4.09. The van der Waals surface area contributed by atoms with E-state index in [0.29, 0.717) is 0 Å². The second-order valence-corrected chi connectivity index (χ2v) is 7.72. The summed E-state index contributed by atoms with van der Waals surface area (Å²) in [5, 5.41) is 8.90. The molecule has 0 amide bonds. The van der Waals surface area contributed by atoms with Gasteiger partial charge in [0.05, 0.1) is 22.8 Å². The van der Waals surface area contributed by atoms with Crippen molar-refractivity contribution in [2.75, 3.05) is 19.6 Å². The summed E-state index contributed by atoms with van der Waals surface area (Å²) in [6.07, 6.45) is 3.75. The van der Waals surface area contributed by atoms with Gasteiger partial charge in [0.1, 0.15) is 5.76 Å². The molecule has 3 rings (SSSR count). The molecule has 2 aromatic rings. The lowest BCUT2D eigenvalue weighted by molar-refractivity contribution is 0.0696. The van der Waals surface area contributed by atoms with Crippen molar-refractivity contribution in [1.82, 2.24) is 9.62 Å². The van der Waals surface area contributed by atoms with Crippen molar-refractivity contribution in [2.24, 2.45) is 0 Å². The van der Waals surface area contributed by atoms with Crippen LogP contribution in [-0.2, 0) is 10.0 Å². The van der Waals surface area contributed by atoms with E-state index in [4.69, 9.17) is 9.52 Å². The van der Waals surface area contributed by atoms with Crippen LogP contribution in [0, 0.1) is 0 Å². The van der Waals surface area contributed by atoms with Gasteiger partial charge < -0.3 is 9.52 Å². The van der Waals surface area contributed by atoms with Crippen molar-refractivity contribution in [3.63, 3.8) is 0 Å². The van der Waals surface area contributed by atoms with E-state index >= 15 is 0 Å². The Labute approximate surface area is 146 Å². The number of rotatable bonds is 7. The first kappa shape index (κ1) is 17.7. The molecule has 1 aromatic carbocycles. The molecular formula is C17H20N2O5S. The summed E-state index contributed by atoms with van der Waals surface area (Å²) < 4.78 is 33.1. The number of hydrogen-bond acceptors (Lipinski definition) is 5. The number of carboxylic acids is 1. The third-order valence-electron chi connectivity index (χ3n) is 4.33. The molecule has 2 heterocycles. The zero-order chi connectivity index (χ0) is 17.9. The lowest BCUT2D eigenvalue weighted by Gasteiger charge is -2.25. The van der Waals surface area contributed by atoms with Gasteiger partial charge in [-0.15, -0.1) is 0 Å². The molecular weight excluding hydrogens is 344 g/mol. The number of nitrogens with one attached hydrogen (secondary N) is 1. The second kappa shape index (κ2) is 7.38. The molecule has 1 aromatic heterocycles. The molecule has 0 radical (unpaired) electrons. The average Bonchev–Trinajstić information content (AvgIpc) is 3.29. The van der Waals surface area contributed by atoms with Crippen molar-refractivity contribution in [1.29, 1.82) is 0 Å². The SMILES string of the molecule is O=C(O)c1ccc(S(=O)(=O)NCC(c2ccco2)N2CCCC2)cc1. The Morgan fingerprint density at radius 3 is 2.44 bits per heavy atom. The predicted molar refractivity (Wildman–Crippen MR) is 90.8 cm³/mol. The molecule has 1 atom stereocenters. The Hall–Kier alpha value is -2.16. The summed E-state index contributed by atoms with van der Waals surface area (Å²) in [5.74, 6) is -0.366. The molecule has 0 bridgehead atoms. The molecule has 2 N–H and O–H groups in total. The zero-order valence-electron chi connectivity index (χ0n) is 13.6. The van der Waals surface area contributed by atoms with E-state index in [2.05, 4.69) is 9.62 Å². The smallest absolute Gasteiger partial charge is 0.335 e. The number of likely N-dealkylation sites (tertiary alicyclic amines) is 1. The predicted octanol–water partition coefficient (Wildman–Crippen LogP) is 2.09. The Morgan fingerprint density at radius 1 is 1.20 bits per heavy atom. The highest BCUT2D eigenvalue weighted by Gasteiger charge is 2.27. The first-order chi connectivity index (χ1) is 12.0. The van der Waals surface area contributed by atoms with Gasteiger partial charge in [-0.1, -0.05) is 0 Å². The Bertz CT molecular complexity index is 809. The lowest BCUT2D eigenvalue weighted by atomic mass is 10.2. The maximum Gasteiger partial charge on any atom is 0.335 e. The number of sulfonamides is 1. The molecule has 0 saturated carbocycles. The van der Waals surface area contributed by atoms with Gasteiger partial charge in [-0.3, -0.25) is 4.90 Å². The van der Waals surface area contributed by atoms with Crippen LogP contribution in [0.2, 0.25) is 0 Å². The van der Waals surface area contributed by atoms with Crippen LogP contribution in [0.1, 0.15) is 35.0 Å². The number of benzene rings is 1. The van der Waals surface area contributed by atoms with Crippen LogP contribution >= 0.6 is 0 Å². The summed E-state index contributed by atoms with van der Waals surface area (Å²) in [6.45, 7) is 2.00. The van der Waals surface area contributed by atoms with Crippen molar-refractivity contribution in [3.8, 4) is 0 Å². The van der Waals surface area contributed by atoms with Crippen LogP contribution in [0.5, 0.6) is 0 Å². The van der Waals surface area contributed by atoms with Gasteiger partial charge >= 0.3 is 5.97 Å². The summed E-state index contributed by atoms with van der Waals surface area (Å²) in [7, 11) is -3.73. The first-order valence-corrected chi connectivity index (χ1v) is 9.56. The molecule has 1 saturated heterocycles. The highest BCUT2D eigenvalue weighted by atomic mass is 32.2. The summed E-state index contributed by atoms with van der Waals surface area (Å²) in [6, 6.07) is 8.62. The van der Waals surface area contributed by atoms with Crippen LogP contribution in [0.15, 0.2) is 52.0 Å². The number of hydrogen-bond donors (Lipinski definition) is 2. The molecule has 0 aliphatic carbocycles. The highest BCUT2D eigenvalue weighted by molar-refractivity contribution is 7.89. The van der Waals surface area contributed by atoms with Crippen LogP contribution in [0.3, 0.4) is 0 Å². The van der Waals surface area contributed by atoms with E-state index in [-0.39, 0.29) is 23.0 Å². The van der Waals surface area contributed by atoms with Gasteiger partial charge in [-0.05, 0) is 62.3 Å². The van der Waals surface area contributed by atoms with Gasteiger partial charge in [0.25, 0.3) is 0 Å². The number of carboxylic acid groups (broad SMARTS) is 1. The Balaban J connectivity index is 1.73. The minimum absolute atomic E-state index is 0.0390. The normalized spacial score (nSPS) is 16.8. The topological polar surface area (TPSA) is 99.8 Å². The van der Waals surface area contributed by atoms with Crippen molar-refractivity contribution < 1.29 is 22.7 Å². The maximum atomic E-state index is 12.5. The summed E-state index contributed by atoms with van der Waals surface area (Å²) in [4.78, 5) is 13.1. The zero-order valence-corrected chi connectivity index (χ0v) is 14.4. The highest BCUT2D eigenvalue weighted by Crippen LogP contribution is 2.25. The lowest BCUT2D eigenvalue weighted by Crippen LogP contribution is -2.36. The third-order valence-corrected chi connectivity index (χ3v) is 5.77. The fourth-order valence-electron chi connectivity index (χ4n) is 2.99. The Morgan fingerprint density at radius 2 is 1.88 bits per heavy atom. The monoisotopic (exact) mass is 364 g/mol. The molecule has 1 unspecified atom stereocenters. The van der Waals surface area contributed by atoms with E-state index in [1.54, 1.807) is 12.3 Å². The number of carbonyl (C=O) groups is 1. The minimum Gasteiger partial charge on any atom is -0.478 e. The van der Waals surface area contributed by atoms with Crippen molar-refractivity contribution in [2.45, 2.75) is 23.8 Å². The molecule has 134 valence electrons. The average molecular weight is 364 g/mol. The summed E-state index contributed by atoms with van der Waals surface area (Å²) in [5.41, 5.74) is 0.0458. The van der Waals surface area contributed by atoms with Gasteiger partial charge in [0.2, 0.25) is 10.0 Å². The van der Waals surface area contributed by atoms with E-state index < -0.39 is 16.0 Å². The minimum atomic E-state index is -3.73. The fraction of sp³-hybridized carbons (Fsp3) is 0.353. The van der Waals surface area contributed by atoms with E-state index in [9.17, 15) is 13.2 Å². The van der Waals surface area contributed by atoms with Gasteiger partial charge in [0, 0.05) is 6.54 Å². The van der Waals surface area contributed by atoms with Crippen LogP contribution in [0.25, 0.3) is 0 Å². The molecule has 1 fully saturated rings. The molecule has 7 nitrogen and oxygen atoms in total. The standard InChI is InChI=1S/C17H20N2O5S/c20-17(21)13-5-7-14(8-6-13)25(22,23)18-12-15(16-4-3-11-24-16)19-9-1-2-10-19/h3-8,11,15,18H,1-2,9-10,12H2,(H,20,21). The fourth-order valence-corrected chi connectivity index (χ4v) is 4.03. The van der Waals surface area contributed by atoms with E-state index in [1.807, 2.05) is 6.07 Å². The van der Waals surface area contributed by atoms with Crippen LogP contribution < -0.4 is 4.72 Å². The van der Waals surface area contributed by atoms with Crippen LogP contribution in [0.4, 0.5) is 0 Å². The second-order valence-electron chi connectivity index (χ2n) is 5.96. The van der Waals surface area contributed by atoms with Crippen molar-refractivity contribution in [3.05, 3.63) is 54.0 Å².